The molecule has 216 valence electrons. The van der Waals surface area contributed by atoms with Gasteiger partial charge in [-0.1, -0.05) is 18.2 Å². The molecule has 3 aliphatic rings. The number of nitrogens with one attached hydrogen (secondary N) is 1. The first-order valence-corrected chi connectivity index (χ1v) is 13.8. The maximum absolute atomic E-state index is 13.3. The van der Waals surface area contributed by atoms with Gasteiger partial charge in [0, 0.05) is 72.9 Å². The van der Waals surface area contributed by atoms with Gasteiger partial charge < -0.3 is 15.0 Å². The lowest BCUT2D eigenvalue weighted by atomic mass is 9.86. The standard InChI is InChI=1S/C15H18F2N2O2.C15H18F2N2/c16-11-5-12(17)7-13(6-11)19-4-2-15(10-19)1-3-18(9-15)8-14(20)21;1-10-7-12-11-5-3-4-6-13(11)18-14(12)8-19(10)9-15(2,16)17/h5-7H,1-4,8-10H2,(H,20,21);3-6,10,18H,7-9H2,1-2H3. The fraction of sp³-hybridized carbons (Fsp3) is 0.500. The highest BCUT2D eigenvalue weighted by Crippen LogP contribution is 2.41. The molecule has 1 aromatic heterocycles. The van der Waals surface area contributed by atoms with Gasteiger partial charge in [0.15, 0.2) is 0 Å². The molecule has 0 amide bonds. The number of anilines is 1. The topological polar surface area (TPSA) is 62.8 Å². The molecule has 6 nitrogen and oxygen atoms in total. The van der Waals surface area contributed by atoms with E-state index in [2.05, 4.69) is 11.1 Å². The van der Waals surface area contributed by atoms with E-state index < -0.39 is 23.5 Å². The molecule has 6 rings (SSSR count). The summed E-state index contributed by atoms with van der Waals surface area (Å²) in [6.07, 6.45) is 2.70. The van der Waals surface area contributed by atoms with Crippen molar-refractivity contribution >= 4 is 22.6 Å². The van der Waals surface area contributed by atoms with E-state index in [1.165, 1.54) is 23.1 Å². The zero-order valence-electron chi connectivity index (χ0n) is 22.9. The molecule has 1 spiro atoms. The summed E-state index contributed by atoms with van der Waals surface area (Å²) in [7, 11) is 0. The summed E-state index contributed by atoms with van der Waals surface area (Å²) >= 11 is 0. The molecule has 40 heavy (non-hydrogen) atoms. The Hall–Kier alpha value is -3.11. The van der Waals surface area contributed by atoms with Gasteiger partial charge in [0.05, 0.1) is 13.1 Å². The number of hydrogen-bond donors (Lipinski definition) is 2. The first-order chi connectivity index (χ1) is 18.9. The molecule has 10 heteroatoms. The third kappa shape index (κ3) is 6.44. The Morgan fingerprint density at radius 3 is 2.50 bits per heavy atom. The Bertz CT molecular complexity index is 1350. The number of likely N-dealkylation sites (tertiary alicyclic amines) is 1. The van der Waals surface area contributed by atoms with Gasteiger partial charge in [-0.05, 0) is 56.5 Å². The minimum atomic E-state index is -2.64. The van der Waals surface area contributed by atoms with E-state index >= 15 is 0 Å². The van der Waals surface area contributed by atoms with Crippen molar-refractivity contribution in [3.63, 3.8) is 0 Å². The molecule has 3 aliphatic heterocycles. The number of hydrogen-bond acceptors (Lipinski definition) is 4. The van der Waals surface area contributed by atoms with E-state index in [1.54, 1.807) is 0 Å². The lowest BCUT2D eigenvalue weighted by molar-refractivity contribution is -0.138. The maximum Gasteiger partial charge on any atom is 0.317 e. The molecule has 0 radical (unpaired) electrons. The van der Waals surface area contributed by atoms with Crippen LogP contribution in [0.25, 0.3) is 10.9 Å². The van der Waals surface area contributed by atoms with Crippen molar-refractivity contribution in [2.24, 2.45) is 5.41 Å². The van der Waals surface area contributed by atoms with Crippen molar-refractivity contribution in [1.82, 2.24) is 14.8 Å². The van der Waals surface area contributed by atoms with Gasteiger partial charge in [-0.3, -0.25) is 14.6 Å². The summed E-state index contributed by atoms with van der Waals surface area (Å²) in [5.74, 6) is -4.58. The Morgan fingerprint density at radius 2 is 1.80 bits per heavy atom. The maximum atomic E-state index is 13.3. The van der Waals surface area contributed by atoms with Gasteiger partial charge in [-0.15, -0.1) is 0 Å². The first-order valence-electron chi connectivity index (χ1n) is 13.8. The number of aliphatic carboxylic acids is 1. The number of carboxylic acids is 1. The van der Waals surface area contributed by atoms with E-state index in [-0.39, 0.29) is 24.5 Å². The van der Waals surface area contributed by atoms with Crippen LogP contribution in [0.1, 0.15) is 37.9 Å². The fourth-order valence-electron chi connectivity index (χ4n) is 6.54. The second kappa shape index (κ2) is 11.0. The van der Waals surface area contributed by atoms with Crippen LogP contribution in [0.2, 0.25) is 0 Å². The molecule has 2 unspecified atom stereocenters. The number of fused-ring (bicyclic) bond motifs is 3. The first kappa shape index (κ1) is 28.4. The zero-order valence-corrected chi connectivity index (χ0v) is 22.9. The highest BCUT2D eigenvalue weighted by atomic mass is 19.3. The number of rotatable bonds is 5. The summed E-state index contributed by atoms with van der Waals surface area (Å²) in [4.78, 5) is 19.9. The second-order valence-corrected chi connectivity index (χ2v) is 11.8. The number of H-pyrrole nitrogens is 1. The Balaban J connectivity index is 0.000000162. The predicted molar refractivity (Wildman–Crippen MR) is 147 cm³/mol. The highest BCUT2D eigenvalue weighted by molar-refractivity contribution is 5.84. The minimum absolute atomic E-state index is 0.0538. The van der Waals surface area contributed by atoms with Crippen molar-refractivity contribution in [3.8, 4) is 0 Å². The highest BCUT2D eigenvalue weighted by Gasteiger charge is 2.44. The van der Waals surface area contributed by atoms with Crippen LogP contribution < -0.4 is 4.90 Å². The molecule has 0 aliphatic carbocycles. The third-order valence-electron chi connectivity index (χ3n) is 8.39. The largest absolute Gasteiger partial charge is 0.480 e. The van der Waals surface area contributed by atoms with Gasteiger partial charge in [-0.2, -0.15) is 0 Å². The molecule has 2 fully saturated rings. The van der Waals surface area contributed by atoms with E-state index in [4.69, 9.17) is 5.11 Å². The molecule has 2 aromatic carbocycles. The number of alkyl halides is 2. The Kier molecular flexibility index (Phi) is 7.85. The second-order valence-electron chi connectivity index (χ2n) is 11.8. The van der Waals surface area contributed by atoms with Crippen LogP contribution in [0, 0.1) is 17.0 Å². The van der Waals surface area contributed by atoms with Crippen LogP contribution in [0.3, 0.4) is 0 Å². The van der Waals surface area contributed by atoms with Gasteiger partial charge in [0.1, 0.15) is 11.6 Å². The third-order valence-corrected chi connectivity index (χ3v) is 8.39. The number of aromatic amines is 1. The van der Waals surface area contributed by atoms with Crippen LogP contribution in [-0.4, -0.2) is 77.1 Å². The van der Waals surface area contributed by atoms with E-state index in [9.17, 15) is 22.4 Å². The summed E-state index contributed by atoms with van der Waals surface area (Å²) in [5.41, 5.74) is 4.10. The Labute approximate surface area is 231 Å². The number of halogens is 4. The quantitative estimate of drug-likeness (QED) is 0.403. The molecule has 2 atom stereocenters. The molecule has 3 aromatic rings. The fourth-order valence-corrected chi connectivity index (χ4v) is 6.54. The average Bonchev–Trinajstić information content (AvgIpc) is 3.55. The molecule has 0 bridgehead atoms. The number of para-hydroxylation sites is 1. The smallest absolute Gasteiger partial charge is 0.317 e. The molecule has 0 saturated carbocycles. The molecular formula is C30H36F4N4O2. The predicted octanol–water partition coefficient (Wildman–Crippen LogP) is 5.52. The van der Waals surface area contributed by atoms with Gasteiger partial charge in [-0.25, -0.2) is 17.6 Å². The average molecular weight is 561 g/mol. The summed E-state index contributed by atoms with van der Waals surface area (Å²) in [6, 6.07) is 11.9. The van der Waals surface area contributed by atoms with Crippen LogP contribution in [-0.2, 0) is 17.8 Å². The Morgan fingerprint density at radius 1 is 1.10 bits per heavy atom. The summed E-state index contributed by atoms with van der Waals surface area (Å²) in [5, 5.41) is 10.1. The lowest BCUT2D eigenvalue weighted by Crippen LogP contribution is -2.44. The van der Waals surface area contributed by atoms with Crippen molar-refractivity contribution in [2.75, 3.05) is 44.2 Å². The van der Waals surface area contributed by atoms with Crippen LogP contribution >= 0.6 is 0 Å². The van der Waals surface area contributed by atoms with Crippen molar-refractivity contribution in [2.45, 2.75) is 51.6 Å². The number of benzene rings is 2. The normalized spacial score (nSPS) is 23.4. The number of aromatic nitrogens is 1. The molecule has 2 saturated heterocycles. The van der Waals surface area contributed by atoms with E-state index in [0.29, 0.717) is 12.2 Å². The summed E-state index contributed by atoms with van der Waals surface area (Å²) in [6.45, 7) is 6.48. The number of carbonyl (C=O) groups is 1. The SMILES string of the molecule is CC1Cc2c([nH]c3ccccc23)CN1CC(C)(F)F.O=C(O)CN1CCC2(CCN(c3cc(F)cc(F)c3)C2)C1. The molecular weight excluding hydrogens is 524 g/mol. The monoisotopic (exact) mass is 560 g/mol. The lowest BCUT2D eigenvalue weighted by Gasteiger charge is -2.34. The van der Waals surface area contributed by atoms with Gasteiger partial charge in [0.25, 0.3) is 5.92 Å². The number of nitrogens with zero attached hydrogens (tertiary/aromatic N) is 3. The van der Waals surface area contributed by atoms with Crippen molar-refractivity contribution in [1.29, 1.82) is 0 Å². The van der Waals surface area contributed by atoms with Crippen LogP contribution in [0.5, 0.6) is 0 Å². The van der Waals surface area contributed by atoms with E-state index in [1.807, 2.05) is 39.8 Å². The van der Waals surface area contributed by atoms with Crippen LogP contribution in [0.4, 0.5) is 23.2 Å². The van der Waals surface area contributed by atoms with Crippen molar-refractivity contribution in [3.05, 3.63) is 65.4 Å². The van der Waals surface area contributed by atoms with Crippen LogP contribution in [0.15, 0.2) is 42.5 Å². The van der Waals surface area contributed by atoms with Gasteiger partial charge in [0.2, 0.25) is 0 Å². The minimum Gasteiger partial charge on any atom is -0.480 e. The van der Waals surface area contributed by atoms with Gasteiger partial charge >= 0.3 is 5.97 Å². The number of carboxylic acid groups (broad SMARTS) is 1. The zero-order chi connectivity index (χ0) is 28.7. The summed E-state index contributed by atoms with van der Waals surface area (Å²) < 4.78 is 53.0. The molecule has 2 N–H and O–H groups in total. The molecule has 4 heterocycles. The van der Waals surface area contributed by atoms with E-state index in [0.717, 1.165) is 69.6 Å². The van der Waals surface area contributed by atoms with Crippen molar-refractivity contribution < 1.29 is 27.5 Å².